The summed E-state index contributed by atoms with van der Waals surface area (Å²) in [5.41, 5.74) is 0.198. The molecule has 0 radical (unpaired) electrons. The molecule has 1 nitrogen and oxygen atoms in total. The number of aliphatic hydroxyl groups is 1. The number of benzene rings is 2. The lowest BCUT2D eigenvalue weighted by Gasteiger charge is -2.13. The van der Waals surface area contributed by atoms with Crippen molar-refractivity contribution in [3.63, 3.8) is 0 Å². The number of halogens is 4. The van der Waals surface area contributed by atoms with Gasteiger partial charge in [-0.1, -0.05) is 29.8 Å². The molecule has 0 aliphatic carbocycles. The van der Waals surface area contributed by atoms with Crippen LogP contribution in [0.2, 0.25) is 5.02 Å². The van der Waals surface area contributed by atoms with Crippen molar-refractivity contribution in [1.82, 2.24) is 0 Å². The predicted molar refractivity (Wildman–Crippen MR) is 61.8 cm³/mol. The zero-order valence-electron chi connectivity index (χ0n) is 9.00. The van der Waals surface area contributed by atoms with Crippen LogP contribution in [0.15, 0.2) is 36.4 Å². The molecule has 0 fully saturated rings. The smallest absolute Gasteiger partial charge is 0.194 e. The van der Waals surface area contributed by atoms with Gasteiger partial charge in [0.1, 0.15) is 6.10 Å². The van der Waals surface area contributed by atoms with Gasteiger partial charge in [0.05, 0.1) is 0 Å². The second kappa shape index (κ2) is 5.00. The maximum atomic E-state index is 13.1. The molecule has 94 valence electrons. The van der Waals surface area contributed by atoms with Gasteiger partial charge >= 0.3 is 0 Å². The number of hydrogen-bond acceptors (Lipinski definition) is 1. The molecule has 0 heterocycles. The molecule has 1 atom stereocenters. The largest absolute Gasteiger partial charge is 0.384 e. The molecule has 0 aromatic heterocycles. The molecular weight excluding hydrogens is 265 g/mol. The van der Waals surface area contributed by atoms with Gasteiger partial charge < -0.3 is 5.11 Å². The van der Waals surface area contributed by atoms with Crippen LogP contribution in [-0.2, 0) is 0 Å². The van der Waals surface area contributed by atoms with Crippen LogP contribution in [-0.4, -0.2) is 5.11 Å². The molecule has 1 N–H and O–H groups in total. The van der Waals surface area contributed by atoms with Crippen molar-refractivity contribution in [3.8, 4) is 0 Å². The highest BCUT2D eigenvalue weighted by atomic mass is 35.5. The van der Waals surface area contributed by atoms with Crippen molar-refractivity contribution in [2.24, 2.45) is 0 Å². The van der Waals surface area contributed by atoms with Crippen molar-refractivity contribution >= 4 is 11.6 Å². The van der Waals surface area contributed by atoms with Crippen molar-refractivity contribution < 1.29 is 18.3 Å². The molecule has 2 aromatic carbocycles. The Labute approximate surface area is 106 Å². The Kier molecular flexibility index (Phi) is 3.59. The van der Waals surface area contributed by atoms with E-state index in [1.807, 2.05) is 0 Å². The average molecular weight is 273 g/mol. The first-order valence-corrected chi connectivity index (χ1v) is 5.45. The molecule has 2 rings (SSSR count). The molecule has 5 heteroatoms. The Hall–Kier alpha value is -1.52. The Morgan fingerprint density at radius 1 is 1.00 bits per heavy atom. The molecule has 0 aliphatic heterocycles. The molecule has 0 bridgehead atoms. The monoisotopic (exact) mass is 272 g/mol. The zero-order valence-corrected chi connectivity index (χ0v) is 9.76. The maximum Gasteiger partial charge on any atom is 0.194 e. The van der Waals surface area contributed by atoms with E-state index >= 15 is 0 Å². The first kappa shape index (κ1) is 12.9. The summed E-state index contributed by atoms with van der Waals surface area (Å²) in [5.74, 6) is -4.27. The predicted octanol–water partition coefficient (Wildman–Crippen LogP) is 3.84. The molecule has 0 spiro atoms. The van der Waals surface area contributed by atoms with Crippen LogP contribution in [0.4, 0.5) is 13.2 Å². The summed E-state index contributed by atoms with van der Waals surface area (Å²) in [5, 5.41) is 10.2. The minimum Gasteiger partial charge on any atom is -0.384 e. The molecule has 0 aliphatic rings. The lowest BCUT2D eigenvalue weighted by Crippen LogP contribution is -2.03. The first-order valence-electron chi connectivity index (χ1n) is 5.07. The Morgan fingerprint density at radius 2 is 1.56 bits per heavy atom. The highest BCUT2D eigenvalue weighted by Gasteiger charge is 2.18. The van der Waals surface area contributed by atoms with E-state index in [0.717, 1.165) is 12.1 Å². The minimum absolute atomic E-state index is 0.0977. The van der Waals surface area contributed by atoms with Crippen LogP contribution in [0.3, 0.4) is 0 Å². The Bertz CT molecular complexity index is 563. The SMILES string of the molecule is OC(c1cc(F)c(F)c(F)c1)c1ccccc1Cl. The summed E-state index contributed by atoms with van der Waals surface area (Å²) in [6, 6.07) is 7.83. The molecule has 1 unspecified atom stereocenters. The highest BCUT2D eigenvalue weighted by Crippen LogP contribution is 2.29. The van der Waals surface area contributed by atoms with E-state index in [2.05, 4.69) is 0 Å². The van der Waals surface area contributed by atoms with Gasteiger partial charge in [-0.15, -0.1) is 0 Å². The van der Waals surface area contributed by atoms with Crippen LogP contribution in [0.25, 0.3) is 0 Å². The quantitative estimate of drug-likeness (QED) is 0.824. The fourth-order valence-corrected chi connectivity index (χ4v) is 1.85. The van der Waals surface area contributed by atoms with E-state index < -0.39 is 23.6 Å². The van der Waals surface area contributed by atoms with Gasteiger partial charge in [-0.2, -0.15) is 0 Å². The number of hydrogen-bond donors (Lipinski definition) is 1. The summed E-state index contributed by atoms with van der Waals surface area (Å²) >= 11 is 5.86. The van der Waals surface area contributed by atoms with Crippen LogP contribution < -0.4 is 0 Å². The van der Waals surface area contributed by atoms with Gasteiger partial charge in [0.15, 0.2) is 17.5 Å². The van der Waals surface area contributed by atoms with E-state index in [0.29, 0.717) is 5.56 Å². The molecule has 0 saturated heterocycles. The third-order valence-corrected chi connectivity index (χ3v) is 2.87. The third-order valence-electron chi connectivity index (χ3n) is 2.52. The maximum absolute atomic E-state index is 13.1. The summed E-state index contributed by atoms with van der Waals surface area (Å²) < 4.78 is 38.9. The number of aliphatic hydroxyl groups excluding tert-OH is 1. The molecular formula is C13H8ClF3O. The molecule has 0 amide bonds. The molecule has 18 heavy (non-hydrogen) atoms. The van der Waals surface area contributed by atoms with Crippen LogP contribution in [0, 0.1) is 17.5 Å². The third kappa shape index (κ3) is 2.35. The van der Waals surface area contributed by atoms with Gasteiger partial charge in [0.2, 0.25) is 0 Å². The van der Waals surface area contributed by atoms with E-state index in [-0.39, 0.29) is 10.6 Å². The van der Waals surface area contributed by atoms with Gasteiger partial charge in [0.25, 0.3) is 0 Å². The van der Waals surface area contributed by atoms with Gasteiger partial charge in [0, 0.05) is 10.6 Å². The molecule has 2 aromatic rings. The van der Waals surface area contributed by atoms with Crippen molar-refractivity contribution in [2.45, 2.75) is 6.10 Å². The van der Waals surface area contributed by atoms with Crippen LogP contribution in [0.1, 0.15) is 17.2 Å². The molecule has 0 saturated carbocycles. The van der Waals surface area contributed by atoms with Crippen molar-refractivity contribution in [2.75, 3.05) is 0 Å². The normalized spacial score (nSPS) is 12.5. The lowest BCUT2D eigenvalue weighted by atomic mass is 10.0. The zero-order chi connectivity index (χ0) is 13.3. The first-order chi connectivity index (χ1) is 8.50. The fraction of sp³-hybridized carbons (Fsp3) is 0.0769. The van der Waals surface area contributed by atoms with Crippen LogP contribution >= 0.6 is 11.6 Å². The van der Waals surface area contributed by atoms with Gasteiger partial charge in [-0.05, 0) is 23.8 Å². The summed E-state index contributed by atoms with van der Waals surface area (Å²) in [6.45, 7) is 0. The van der Waals surface area contributed by atoms with Crippen molar-refractivity contribution in [1.29, 1.82) is 0 Å². The standard InChI is InChI=1S/C13H8ClF3O/c14-9-4-2-1-3-8(9)13(18)7-5-10(15)12(17)11(16)6-7/h1-6,13,18H. The van der Waals surface area contributed by atoms with E-state index in [4.69, 9.17) is 11.6 Å². The second-order valence-corrected chi connectivity index (χ2v) is 4.13. The number of rotatable bonds is 2. The topological polar surface area (TPSA) is 20.2 Å². The average Bonchev–Trinajstić information content (AvgIpc) is 2.35. The van der Waals surface area contributed by atoms with E-state index in [1.54, 1.807) is 12.1 Å². The van der Waals surface area contributed by atoms with Gasteiger partial charge in [-0.3, -0.25) is 0 Å². The highest BCUT2D eigenvalue weighted by molar-refractivity contribution is 6.31. The summed E-state index contributed by atoms with van der Waals surface area (Å²) in [4.78, 5) is 0. The Morgan fingerprint density at radius 3 is 2.11 bits per heavy atom. The summed E-state index contributed by atoms with van der Waals surface area (Å²) in [7, 11) is 0. The summed E-state index contributed by atoms with van der Waals surface area (Å²) in [6.07, 6.45) is -1.32. The van der Waals surface area contributed by atoms with E-state index in [1.165, 1.54) is 12.1 Å². The Balaban J connectivity index is 2.47. The fourth-order valence-electron chi connectivity index (χ4n) is 1.61. The van der Waals surface area contributed by atoms with Crippen molar-refractivity contribution in [3.05, 3.63) is 70.0 Å². The lowest BCUT2D eigenvalue weighted by molar-refractivity contribution is 0.218. The van der Waals surface area contributed by atoms with E-state index in [9.17, 15) is 18.3 Å². The van der Waals surface area contributed by atoms with Gasteiger partial charge in [-0.25, -0.2) is 13.2 Å². The second-order valence-electron chi connectivity index (χ2n) is 3.72. The van der Waals surface area contributed by atoms with Crippen LogP contribution in [0.5, 0.6) is 0 Å². The minimum atomic E-state index is -1.56.